The second kappa shape index (κ2) is 8.80. The summed E-state index contributed by atoms with van der Waals surface area (Å²) < 4.78 is 23.9. The van der Waals surface area contributed by atoms with Crippen LogP contribution in [0, 0.1) is 0 Å². The molecule has 1 rings (SSSR count). The van der Waals surface area contributed by atoms with E-state index in [4.69, 9.17) is 18.3 Å². The van der Waals surface area contributed by atoms with Crippen molar-refractivity contribution in [1.29, 1.82) is 0 Å². The maximum atomic E-state index is 13.2. The molecule has 0 amide bonds. The molecule has 0 aromatic heterocycles. The number of ether oxygens (including phenoxy) is 2. The highest BCUT2D eigenvalue weighted by atomic mass is 28.4. The molecule has 8 heteroatoms. The zero-order valence-electron chi connectivity index (χ0n) is 20.6. The fourth-order valence-corrected chi connectivity index (χ4v) is 4.64. The summed E-state index contributed by atoms with van der Waals surface area (Å²) in [7, 11) is -4.41. The fourth-order valence-electron chi connectivity index (χ4n) is 2.45. The lowest BCUT2D eigenvalue weighted by Crippen LogP contribution is -2.55. The van der Waals surface area contributed by atoms with Crippen LogP contribution in [0.4, 0.5) is 0 Å². The molecule has 0 aromatic rings. The monoisotopic (exact) mass is 448 g/mol. The molecular formula is C21H44O6Si2. The number of hydrogen-bond acceptors (Lipinski definition) is 6. The first-order valence-electron chi connectivity index (χ1n) is 10.5. The van der Waals surface area contributed by atoms with Crippen molar-refractivity contribution in [3.05, 3.63) is 0 Å². The van der Waals surface area contributed by atoms with Crippen LogP contribution in [0.1, 0.15) is 55.4 Å². The van der Waals surface area contributed by atoms with E-state index in [1.807, 2.05) is 0 Å². The smallest absolute Gasteiger partial charge is 0.193 e. The van der Waals surface area contributed by atoms with E-state index in [0.717, 1.165) is 0 Å². The number of aliphatic hydroxyl groups excluding tert-OH is 1. The minimum atomic E-state index is -2.31. The average molecular weight is 449 g/mol. The highest BCUT2D eigenvalue weighted by Crippen LogP contribution is 2.39. The van der Waals surface area contributed by atoms with Gasteiger partial charge in [-0.1, -0.05) is 41.5 Å². The number of ketones is 1. The molecule has 1 fully saturated rings. The number of aliphatic hydroxyl groups is 1. The van der Waals surface area contributed by atoms with Crippen LogP contribution in [0.15, 0.2) is 0 Å². The van der Waals surface area contributed by atoms with Gasteiger partial charge in [0.1, 0.15) is 18.3 Å². The molecule has 0 spiro atoms. The molecule has 1 aliphatic heterocycles. The van der Waals surface area contributed by atoms with Crippen molar-refractivity contribution in [2.45, 2.75) is 116 Å². The molecule has 1 N–H and O–H groups in total. The summed E-state index contributed by atoms with van der Waals surface area (Å²) in [6, 6.07) is 0. The van der Waals surface area contributed by atoms with Gasteiger partial charge in [-0.15, -0.1) is 0 Å². The Morgan fingerprint density at radius 2 is 1.55 bits per heavy atom. The molecule has 0 aliphatic carbocycles. The van der Waals surface area contributed by atoms with E-state index >= 15 is 0 Å². The second-order valence-electron chi connectivity index (χ2n) is 11.7. The fraction of sp³-hybridized carbons (Fsp3) is 0.952. The largest absolute Gasteiger partial charge is 0.409 e. The van der Waals surface area contributed by atoms with E-state index in [0.29, 0.717) is 0 Å². The Labute approximate surface area is 179 Å². The maximum Gasteiger partial charge on any atom is 0.193 e. The van der Waals surface area contributed by atoms with Gasteiger partial charge >= 0.3 is 0 Å². The summed E-state index contributed by atoms with van der Waals surface area (Å²) in [6.45, 7) is 24.8. The minimum Gasteiger partial charge on any atom is -0.409 e. The molecule has 1 saturated heterocycles. The van der Waals surface area contributed by atoms with Crippen LogP contribution in [0.2, 0.25) is 36.3 Å². The van der Waals surface area contributed by atoms with Crippen molar-refractivity contribution < 1.29 is 28.2 Å². The Kier molecular flexibility index (Phi) is 8.18. The first kappa shape index (κ1) is 26.9. The second-order valence-corrected chi connectivity index (χ2v) is 21.2. The van der Waals surface area contributed by atoms with E-state index in [-0.39, 0.29) is 29.1 Å². The highest BCUT2D eigenvalue weighted by Gasteiger charge is 2.48. The third-order valence-corrected chi connectivity index (χ3v) is 15.6. The van der Waals surface area contributed by atoms with Crippen LogP contribution in [0.3, 0.4) is 0 Å². The van der Waals surface area contributed by atoms with Crippen molar-refractivity contribution in [2.75, 3.05) is 13.2 Å². The zero-order valence-corrected chi connectivity index (χ0v) is 22.6. The lowest BCUT2D eigenvalue weighted by Gasteiger charge is -2.41. The van der Waals surface area contributed by atoms with Gasteiger partial charge in [-0.05, 0) is 50.1 Å². The van der Waals surface area contributed by atoms with Crippen molar-refractivity contribution in [3.8, 4) is 0 Å². The van der Waals surface area contributed by atoms with Crippen LogP contribution >= 0.6 is 0 Å². The van der Waals surface area contributed by atoms with E-state index in [2.05, 4.69) is 67.7 Å². The van der Waals surface area contributed by atoms with Crippen molar-refractivity contribution in [1.82, 2.24) is 0 Å². The standard InChI is InChI=1S/C21H44O6Si2/c1-19(2,3)28(9,10)25-13-15(22)18(27-29(11,12)20(4,5)6)17(23)16-14-24-21(7,8)26-16/h16-18,23H,13-14H2,1-12H3/t16-,17-,18-/m0/s1. The summed E-state index contributed by atoms with van der Waals surface area (Å²) in [5.41, 5.74) is 0. The lowest BCUT2D eigenvalue weighted by molar-refractivity contribution is -0.164. The molecule has 6 nitrogen and oxygen atoms in total. The maximum absolute atomic E-state index is 13.2. The predicted molar refractivity (Wildman–Crippen MR) is 121 cm³/mol. The number of hydrogen-bond donors (Lipinski definition) is 1. The number of rotatable bonds is 8. The topological polar surface area (TPSA) is 74.2 Å². The Hall–Kier alpha value is -0.0962. The molecule has 0 saturated carbocycles. The molecule has 0 unspecified atom stereocenters. The molecule has 29 heavy (non-hydrogen) atoms. The molecule has 0 aromatic carbocycles. The lowest BCUT2D eigenvalue weighted by atomic mass is 10.1. The average Bonchev–Trinajstić information content (AvgIpc) is 2.87. The minimum absolute atomic E-state index is 0.00585. The van der Waals surface area contributed by atoms with Gasteiger partial charge in [0.15, 0.2) is 28.2 Å². The summed E-state index contributed by atoms with van der Waals surface area (Å²) in [4.78, 5) is 13.2. The molecule has 3 atom stereocenters. The molecule has 1 heterocycles. The van der Waals surface area contributed by atoms with Gasteiger partial charge in [-0.25, -0.2) is 0 Å². The van der Waals surface area contributed by atoms with Gasteiger partial charge in [0.2, 0.25) is 0 Å². The Morgan fingerprint density at radius 1 is 1.07 bits per heavy atom. The molecule has 172 valence electrons. The van der Waals surface area contributed by atoms with E-state index in [1.54, 1.807) is 13.8 Å². The van der Waals surface area contributed by atoms with Gasteiger partial charge in [0.25, 0.3) is 0 Å². The highest BCUT2D eigenvalue weighted by molar-refractivity contribution is 6.74. The third kappa shape index (κ3) is 6.95. The normalized spacial score (nSPS) is 23.1. The molecular weight excluding hydrogens is 404 g/mol. The van der Waals surface area contributed by atoms with Gasteiger partial charge in [0.05, 0.1) is 13.2 Å². The number of carbonyl (C=O) groups is 1. The van der Waals surface area contributed by atoms with E-state index in [1.165, 1.54) is 0 Å². The molecule has 0 radical (unpaired) electrons. The van der Waals surface area contributed by atoms with Crippen LogP contribution < -0.4 is 0 Å². The summed E-state index contributed by atoms with van der Waals surface area (Å²) in [5, 5.41) is 11.0. The Bertz CT molecular complexity index is 575. The quantitative estimate of drug-likeness (QED) is 0.552. The van der Waals surface area contributed by atoms with Crippen molar-refractivity contribution in [2.24, 2.45) is 0 Å². The van der Waals surface area contributed by atoms with E-state index in [9.17, 15) is 9.90 Å². The van der Waals surface area contributed by atoms with Crippen LogP contribution in [-0.4, -0.2) is 64.8 Å². The first-order valence-corrected chi connectivity index (χ1v) is 16.4. The summed E-state index contributed by atoms with van der Waals surface area (Å²) in [5.74, 6) is -1.02. The first-order chi connectivity index (χ1) is 12.7. The van der Waals surface area contributed by atoms with Gasteiger partial charge in [0, 0.05) is 0 Å². The summed E-state index contributed by atoms with van der Waals surface area (Å²) in [6.07, 6.45) is -2.72. The predicted octanol–water partition coefficient (Wildman–Crippen LogP) is 4.48. The third-order valence-electron chi connectivity index (χ3n) is 6.65. The van der Waals surface area contributed by atoms with Crippen LogP contribution in [0.25, 0.3) is 0 Å². The SMILES string of the molecule is CC1(C)OC[C@@H]([C@H](O)[C@@H](O[Si](C)(C)C(C)(C)C)C(=O)CO[Si](C)(C)C(C)(C)C)O1. The Morgan fingerprint density at radius 3 is 1.93 bits per heavy atom. The van der Waals surface area contributed by atoms with Crippen LogP contribution in [0.5, 0.6) is 0 Å². The Balaban J connectivity index is 3.05. The van der Waals surface area contributed by atoms with Gasteiger partial charge < -0.3 is 23.4 Å². The molecule has 0 bridgehead atoms. The summed E-state index contributed by atoms with van der Waals surface area (Å²) >= 11 is 0. The zero-order chi connectivity index (χ0) is 23.1. The van der Waals surface area contributed by atoms with Gasteiger partial charge in [-0.3, -0.25) is 4.79 Å². The number of Topliss-reactive ketones (excluding diaryl/α,β-unsaturated/α-hetero) is 1. The van der Waals surface area contributed by atoms with E-state index < -0.39 is 40.7 Å². The van der Waals surface area contributed by atoms with Crippen molar-refractivity contribution in [3.63, 3.8) is 0 Å². The number of carbonyl (C=O) groups excluding carboxylic acids is 1. The van der Waals surface area contributed by atoms with Crippen molar-refractivity contribution >= 4 is 22.4 Å². The van der Waals surface area contributed by atoms with Crippen LogP contribution in [-0.2, 0) is 23.1 Å². The molecule has 1 aliphatic rings. The van der Waals surface area contributed by atoms with Gasteiger partial charge in [-0.2, -0.15) is 0 Å².